The molecule has 0 saturated carbocycles. The van der Waals surface area contributed by atoms with Crippen LogP contribution in [0.2, 0.25) is 10.0 Å². The van der Waals surface area contributed by atoms with E-state index in [2.05, 4.69) is 11.1 Å². The van der Waals surface area contributed by atoms with Gasteiger partial charge in [0.05, 0.1) is 5.56 Å². The molecule has 1 aromatic heterocycles. The zero-order valence-corrected chi connectivity index (χ0v) is 11.6. The second-order valence-electron chi connectivity index (χ2n) is 3.49. The van der Waals surface area contributed by atoms with Crippen LogP contribution in [0.4, 0.5) is 0 Å². The smallest absolute Gasteiger partial charge is 0.114 e. The lowest BCUT2D eigenvalue weighted by atomic mass is 10.2. The molecular weight excluding hydrogens is 287 g/mol. The third kappa shape index (κ3) is 3.17. The summed E-state index contributed by atoms with van der Waals surface area (Å²) in [6.45, 7) is 0. The van der Waals surface area contributed by atoms with E-state index < -0.39 is 0 Å². The Kier molecular flexibility index (Phi) is 4.48. The van der Waals surface area contributed by atoms with Crippen LogP contribution in [-0.4, -0.2) is 4.98 Å². The Bertz CT molecular complexity index is 608. The van der Waals surface area contributed by atoms with Crippen molar-refractivity contribution in [3.63, 3.8) is 0 Å². The Hall–Kier alpha value is -1.21. The fraction of sp³-hybridized carbons (Fsp3) is 0.0769. The standard InChI is InChI=1S/C13H8Cl2N2S/c14-11-4-3-10(12(15)6-11)8-18-13-9(7-16)2-1-5-17-13/h1-6H,8H2. The molecule has 0 aliphatic carbocycles. The number of benzene rings is 1. The lowest BCUT2D eigenvalue weighted by molar-refractivity contribution is 1.11. The van der Waals surface area contributed by atoms with Crippen LogP contribution < -0.4 is 0 Å². The van der Waals surface area contributed by atoms with Gasteiger partial charge >= 0.3 is 0 Å². The Morgan fingerprint density at radius 3 is 2.83 bits per heavy atom. The summed E-state index contributed by atoms with van der Waals surface area (Å²) in [4.78, 5) is 4.18. The van der Waals surface area contributed by atoms with Gasteiger partial charge in [-0.05, 0) is 29.8 Å². The fourth-order valence-corrected chi connectivity index (χ4v) is 2.88. The molecule has 0 fully saturated rings. The SMILES string of the molecule is N#Cc1cccnc1SCc1ccc(Cl)cc1Cl. The van der Waals surface area contributed by atoms with Gasteiger partial charge in [-0.1, -0.05) is 29.3 Å². The first-order valence-corrected chi connectivity index (χ1v) is 6.86. The first-order chi connectivity index (χ1) is 8.70. The quantitative estimate of drug-likeness (QED) is 0.779. The van der Waals surface area contributed by atoms with E-state index in [1.54, 1.807) is 30.5 Å². The largest absolute Gasteiger partial charge is 0.249 e. The van der Waals surface area contributed by atoms with Crippen LogP contribution in [0.3, 0.4) is 0 Å². The number of halogens is 2. The highest BCUT2D eigenvalue weighted by Crippen LogP contribution is 2.28. The van der Waals surface area contributed by atoms with Crippen molar-refractivity contribution in [2.24, 2.45) is 0 Å². The minimum absolute atomic E-state index is 0.576. The summed E-state index contributed by atoms with van der Waals surface area (Å²) in [6, 6.07) is 11.0. The maximum atomic E-state index is 8.96. The summed E-state index contributed by atoms with van der Waals surface area (Å²) in [7, 11) is 0. The van der Waals surface area contributed by atoms with Crippen LogP contribution in [0, 0.1) is 11.3 Å². The fourth-order valence-electron chi connectivity index (χ4n) is 1.38. The zero-order valence-electron chi connectivity index (χ0n) is 9.23. The molecule has 0 radical (unpaired) electrons. The number of rotatable bonds is 3. The summed E-state index contributed by atoms with van der Waals surface area (Å²) >= 11 is 13.4. The van der Waals surface area contributed by atoms with Crippen molar-refractivity contribution < 1.29 is 0 Å². The zero-order chi connectivity index (χ0) is 13.0. The van der Waals surface area contributed by atoms with Gasteiger partial charge in [-0.2, -0.15) is 5.26 Å². The molecule has 90 valence electrons. The highest BCUT2D eigenvalue weighted by atomic mass is 35.5. The van der Waals surface area contributed by atoms with Crippen LogP contribution in [0.5, 0.6) is 0 Å². The molecule has 0 aliphatic heterocycles. The van der Waals surface area contributed by atoms with Gasteiger partial charge in [0.1, 0.15) is 11.1 Å². The number of nitrogens with zero attached hydrogens (tertiary/aromatic N) is 2. The molecule has 0 aliphatic rings. The number of pyridine rings is 1. The van der Waals surface area contributed by atoms with Crippen LogP contribution >= 0.6 is 35.0 Å². The molecule has 0 unspecified atom stereocenters. The topological polar surface area (TPSA) is 36.7 Å². The van der Waals surface area contributed by atoms with Crippen molar-refractivity contribution in [2.45, 2.75) is 10.8 Å². The van der Waals surface area contributed by atoms with Crippen molar-refractivity contribution in [1.82, 2.24) is 4.98 Å². The Balaban J connectivity index is 2.14. The molecular formula is C13H8Cl2N2S. The first kappa shape index (κ1) is 13.2. The minimum atomic E-state index is 0.576. The molecule has 2 aromatic rings. The predicted molar refractivity (Wildman–Crippen MR) is 75.0 cm³/mol. The van der Waals surface area contributed by atoms with Crippen LogP contribution in [-0.2, 0) is 5.75 Å². The van der Waals surface area contributed by atoms with Crippen molar-refractivity contribution in [3.8, 4) is 6.07 Å². The molecule has 0 saturated heterocycles. The molecule has 5 heteroatoms. The number of nitriles is 1. The summed E-state index contributed by atoms with van der Waals surface area (Å²) in [5.41, 5.74) is 1.55. The van der Waals surface area contributed by atoms with Crippen molar-refractivity contribution in [2.75, 3.05) is 0 Å². The second kappa shape index (κ2) is 6.10. The summed E-state index contributed by atoms with van der Waals surface area (Å²) < 4.78 is 0. The van der Waals surface area contributed by atoms with E-state index in [4.69, 9.17) is 28.5 Å². The number of hydrogen-bond acceptors (Lipinski definition) is 3. The maximum Gasteiger partial charge on any atom is 0.114 e. The predicted octanol–water partition coefficient (Wildman–Crippen LogP) is 4.55. The lowest BCUT2D eigenvalue weighted by Crippen LogP contribution is -1.88. The lowest BCUT2D eigenvalue weighted by Gasteiger charge is -2.05. The highest BCUT2D eigenvalue weighted by molar-refractivity contribution is 7.98. The molecule has 0 N–H and O–H groups in total. The molecule has 0 atom stereocenters. The molecule has 1 heterocycles. The maximum absolute atomic E-state index is 8.96. The van der Waals surface area contributed by atoms with Gasteiger partial charge < -0.3 is 0 Å². The molecule has 2 nitrogen and oxygen atoms in total. The first-order valence-electron chi connectivity index (χ1n) is 5.12. The van der Waals surface area contributed by atoms with Gasteiger partial charge in [-0.3, -0.25) is 0 Å². The van der Waals surface area contributed by atoms with Crippen LogP contribution in [0.15, 0.2) is 41.6 Å². The summed E-state index contributed by atoms with van der Waals surface area (Å²) in [6.07, 6.45) is 1.67. The third-order valence-corrected chi connectivity index (χ3v) is 3.91. The molecule has 2 rings (SSSR count). The number of thioether (sulfide) groups is 1. The Morgan fingerprint density at radius 1 is 1.28 bits per heavy atom. The summed E-state index contributed by atoms with van der Waals surface area (Å²) in [5.74, 6) is 0.654. The molecule has 0 spiro atoms. The van der Waals surface area contributed by atoms with Gasteiger partial charge in [-0.15, -0.1) is 11.8 Å². The molecule has 18 heavy (non-hydrogen) atoms. The minimum Gasteiger partial charge on any atom is -0.249 e. The average molecular weight is 295 g/mol. The van der Waals surface area contributed by atoms with E-state index in [1.807, 2.05) is 6.07 Å². The van der Waals surface area contributed by atoms with Crippen LogP contribution in [0.1, 0.15) is 11.1 Å². The molecule has 0 amide bonds. The van der Waals surface area contributed by atoms with Crippen molar-refractivity contribution in [3.05, 3.63) is 57.7 Å². The molecule has 1 aromatic carbocycles. The van der Waals surface area contributed by atoms with Gasteiger partial charge in [0.2, 0.25) is 0 Å². The van der Waals surface area contributed by atoms with E-state index in [9.17, 15) is 0 Å². The van der Waals surface area contributed by atoms with E-state index >= 15 is 0 Å². The van der Waals surface area contributed by atoms with Crippen molar-refractivity contribution >= 4 is 35.0 Å². The number of aromatic nitrogens is 1. The number of hydrogen-bond donors (Lipinski definition) is 0. The van der Waals surface area contributed by atoms with E-state index in [-0.39, 0.29) is 0 Å². The highest BCUT2D eigenvalue weighted by Gasteiger charge is 2.06. The van der Waals surface area contributed by atoms with Crippen molar-refractivity contribution in [1.29, 1.82) is 5.26 Å². The van der Waals surface area contributed by atoms with Gasteiger partial charge in [-0.25, -0.2) is 4.98 Å². The Morgan fingerprint density at radius 2 is 2.11 bits per heavy atom. The normalized spacial score (nSPS) is 10.1. The van der Waals surface area contributed by atoms with Gasteiger partial charge in [0.15, 0.2) is 0 Å². The summed E-state index contributed by atoms with van der Waals surface area (Å²) in [5, 5.41) is 10.9. The van der Waals surface area contributed by atoms with E-state index in [0.717, 1.165) is 5.56 Å². The third-order valence-electron chi connectivity index (χ3n) is 2.27. The van der Waals surface area contributed by atoms with E-state index in [0.29, 0.717) is 26.4 Å². The monoisotopic (exact) mass is 294 g/mol. The Labute approximate surface area is 120 Å². The second-order valence-corrected chi connectivity index (χ2v) is 5.30. The van der Waals surface area contributed by atoms with Gasteiger partial charge in [0.25, 0.3) is 0 Å². The average Bonchev–Trinajstić information content (AvgIpc) is 2.38. The van der Waals surface area contributed by atoms with E-state index in [1.165, 1.54) is 11.8 Å². The van der Waals surface area contributed by atoms with Crippen LogP contribution in [0.25, 0.3) is 0 Å². The van der Waals surface area contributed by atoms with Gasteiger partial charge in [0, 0.05) is 22.0 Å². The molecule has 0 bridgehead atoms.